The second-order valence-corrected chi connectivity index (χ2v) is 15.2. The molecular weight excluding hydrogens is 614 g/mol. The van der Waals surface area contributed by atoms with Crippen molar-refractivity contribution >= 4 is 40.1 Å². The van der Waals surface area contributed by atoms with Gasteiger partial charge in [0.1, 0.15) is 11.6 Å². The van der Waals surface area contributed by atoms with E-state index < -0.39 is 0 Å². The minimum atomic E-state index is -0.320. The first kappa shape index (κ1) is 34.0. The summed E-state index contributed by atoms with van der Waals surface area (Å²) in [5.41, 5.74) is 2.21. The Labute approximate surface area is 279 Å². The number of thiophene rings is 1. The quantitative estimate of drug-likeness (QED) is 0.139. The van der Waals surface area contributed by atoms with Crippen LogP contribution in [0.3, 0.4) is 0 Å². The number of aromatic nitrogens is 3. The molecule has 0 aliphatic carbocycles. The highest BCUT2D eigenvalue weighted by atomic mass is 32.1. The van der Waals surface area contributed by atoms with Crippen LogP contribution in [0.25, 0.3) is 21.7 Å². The van der Waals surface area contributed by atoms with E-state index in [9.17, 15) is 20.0 Å². The molecule has 0 saturated carbocycles. The Morgan fingerprint density at radius 2 is 2.00 bits per heavy atom. The van der Waals surface area contributed by atoms with Gasteiger partial charge in [-0.2, -0.15) is 5.26 Å². The van der Waals surface area contributed by atoms with E-state index in [2.05, 4.69) is 42.5 Å². The number of carbonyl (C=O) groups excluding carboxylic acids is 2. The van der Waals surface area contributed by atoms with Gasteiger partial charge in [-0.05, 0) is 53.5 Å². The molecule has 2 amide bonds. The fraction of sp³-hybridized carbons (Fsp3) is 0.457. The molecular formula is C35H43N7O4S. The summed E-state index contributed by atoms with van der Waals surface area (Å²) in [6, 6.07) is 11.4. The van der Waals surface area contributed by atoms with Gasteiger partial charge in [-0.1, -0.05) is 53.7 Å². The number of benzene rings is 1. The summed E-state index contributed by atoms with van der Waals surface area (Å²) in [5, 5.41) is 26.2. The van der Waals surface area contributed by atoms with Crippen molar-refractivity contribution < 1.29 is 19.1 Å². The smallest absolute Gasteiger partial charge is 0.268 e. The number of anilines is 1. The summed E-state index contributed by atoms with van der Waals surface area (Å²) < 4.78 is 7.35. The van der Waals surface area contributed by atoms with Gasteiger partial charge in [0.2, 0.25) is 5.95 Å². The molecule has 0 unspecified atom stereocenters. The van der Waals surface area contributed by atoms with Gasteiger partial charge < -0.3 is 24.3 Å². The van der Waals surface area contributed by atoms with Crippen molar-refractivity contribution in [2.45, 2.75) is 79.6 Å². The third-order valence-electron chi connectivity index (χ3n) is 8.28. The van der Waals surface area contributed by atoms with Gasteiger partial charge in [-0.3, -0.25) is 14.9 Å². The molecule has 5 rings (SSSR count). The number of imidazole rings is 1. The molecule has 3 aromatic heterocycles. The first-order valence-electron chi connectivity index (χ1n) is 15.8. The normalized spacial score (nSPS) is 16.4. The lowest BCUT2D eigenvalue weighted by atomic mass is 9.87. The molecule has 2 atom stereocenters. The van der Waals surface area contributed by atoms with Crippen LogP contribution in [-0.2, 0) is 17.9 Å². The van der Waals surface area contributed by atoms with Crippen LogP contribution in [0.2, 0.25) is 0 Å². The Morgan fingerprint density at radius 1 is 1.21 bits per heavy atom. The summed E-state index contributed by atoms with van der Waals surface area (Å²) in [7, 11) is 0. The van der Waals surface area contributed by atoms with Gasteiger partial charge >= 0.3 is 0 Å². The van der Waals surface area contributed by atoms with E-state index in [0.717, 1.165) is 28.8 Å². The number of hydrogen-bond acceptors (Lipinski definition) is 9. The predicted molar refractivity (Wildman–Crippen MR) is 183 cm³/mol. The molecule has 1 fully saturated rings. The topological polar surface area (TPSA) is 149 Å². The van der Waals surface area contributed by atoms with Crippen molar-refractivity contribution in [3.63, 3.8) is 0 Å². The van der Waals surface area contributed by atoms with E-state index in [-0.39, 0.29) is 46.9 Å². The van der Waals surface area contributed by atoms with Crippen molar-refractivity contribution in [3.05, 3.63) is 65.0 Å². The number of oxazole rings is 1. The highest BCUT2D eigenvalue weighted by Gasteiger charge is 2.33. The summed E-state index contributed by atoms with van der Waals surface area (Å²) in [5.74, 6) is 0.372. The number of hydrogen-bond donors (Lipinski definition) is 3. The van der Waals surface area contributed by atoms with Crippen molar-refractivity contribution in [1.29, 1.82) is 5.26 Å². The maximum Gasteiger partial charge on any atom is 0.268 e. The zero-order valence-electron chi connectivity index (χ0n) is 27.8. The van der Waals surface area contributed by atoms with Crippen molar-refractivity contribution in [1.82, 2.24) is 24.8 Å². The Balaban J connectivity index is 1.46. The monoisotopic (exact) mass is 657 g/mol. The lowest BCUT2D eigenvalue weighted by Crippen LogP contribution is -2.42. The maximum absolute atomic E-state index is 13.6. The van der Waals surface area contributed by atoms with Gasteiger partial charge in [-0.15, -0.1) is 11.3 Å². The van der Waals surface area contributed by atoms with Crippen LogP contribution in [0.4, 0.5) is 5.95 Å². The number of nitrogens with one attached hydrogen (secondary N) is 2. The Bertz CT molecular complexity index is 1800. The number of allylic oxidation sites excluding steroid dienone is 1. The van der Waals surface area contributed by atoms with Crippen LogP contribution in [-0.4, -0.2) is 61.6 Å². The first-order valence-corrected chi connectivity index (χ1v) is 16.7. The molecule has 11 nitrogen and oxygen atoms in total. The van der Waals surface area contributed by atoms with E-state index in [1.807, 2.05) is 49.6 Å². The SMILES string of the molecule is CC(C)(C)/C=C(\C#N)C(=O)N1CCC[C@@H]1Cn1c(NC(=O)c2ccc(-c3cnco3)s2)nc2cc(CN[C@@H](CO)C(C)(C)C)ccc21. The largest absolute Gasteiger partial charge is 0.443 e. The molecule has 1 aromatic carbocycles. The highest BCUT2D eigenvalue weighted by molar-refractivity contribution is 7.17. The molecule has 0 spiro atoms. The van der Waals surface area contributed by atoms with E-state index in [1.165, 1.54) is 17.7 Å². The van der Waals surface area contributed by atoms with E-state index in [0.29, 0.717) is 41.7 Å². The van der Waals surface area contributed by atoms with Crippen molar-refractivity contribution in [2.75, 3.05) is 18.5 Å². The minimum absolute atomic E-state index is 0.0203. The molecule has 4 heterocycles. The molecule has 1 aliphatic heterocycles. The van der Waals surface area contributed by atoms with E-state index >= 15 is 0 Å². The fourth-order valence-electron chi connectivity index (χ4n) is 5.78. The average Bonchev–Trinajstić information content (AvgIpc) is 3.82. The van der Waals surface area contributed by atoms with Crippen LogP contribution in [0.15, 0.2) is 59.0 Å². The molecule has 0 bridgehead atoms. The van der Waals surface area contributed by atoms with Crippen molar-refractivity contribution in [3.8, 4) is 16.7 Å². The highest BCUT2D eigenvalue weighted by Crippen LogP contribution is 2.31. The standard InChI is InChI=1S/C35H43N7O4S/c1-34(2,3)15-23(16-36)32(45)41-13-7-8-24(41)19-42-26-10-9-22(17-38-30(20-43)35(4,5)6)14-25(26)39-33(42)40-31(44)29-12-11-28(47-29)27-18-37-21-46-27/h9-12,14-15,18,21,24,30,38,43H,7-8,13,17,19-20H2,1-6H3,(H,39,40,44)/b23-15+/t24-,30+/m1/s1. The maximum atomic E-state index is 13.6. The van der Waals surface area contributed by atoms with Crippen LogP contribution in [0.1, 0.15) is 69.6 Å². The number of nitrogens with zero attached hydrogens (tertiary/aromatic N) is 5. The van der Waals surface area contributed by atoms with E-state index in [1.54, 1.807) is 23.2 Å². The second-order valence-electron chi connectivity index (χ2n) is 14.2. The van der Waals surface area contributed by atoms with Gasteiger partial charge in [0, 0.05) is 25.7 Å². The molecule has 3 N–H and O–H groups in total. The number of fused-ring (bicyclic) bond motifs is 1. The van der Waals surface area contributed by atoms with Gasteiger partial charge in [0.05, 0.1) is 39.6 Å². The molecule has 47 heavy (non-hydrogen) atoms. The zero-order valence-corrected chi connectivity index (χ0v) is 28.6. The lowest BCUT2D eigenvalue weighted by molar-refractivity contribution is -0.127. The lowest BCUT2D eigenvalue weighted by Gasteiger charge is -2.30. The van der Waals surface area contributed by atoms with Crippen LogP contribution in [0, 0.1) is 22.2 Å². The minimum Gasteiger partial charge on any atom is -0.443 e. The summed E-state index contributed by atoms with van der Waals surface area (Å²) in [6.45, 7) is 13.6. The number of aliphatic hydroxyl groups excluding tert-OH is 1. The Morgan fingerprint density at radius 3 is 2.66 bits per heavy atom. The van der Waals surface area contributed by atoms with Crippen LogP contribution >= 0.6 is 11.3 Å². The summed E-state index contributed by atoms with van der Waals surface area (Å²) in [4.78, 5) is 39.0. The third-order valence-corrected chi connectivity index (χ3v) is 9.38. The molecule has 248 valence electrons. The molecule has 12 heteroatoms. The first-order chi connectivity index (χ1) is 22.3. The second kappa shape index (κ2) is 13.8. The Hall–Kier alpha value is -4.31. The summed E-state index contributed by atoms with van der Waals surface area (Å²) in [6.07, 6.45) is 6.26. The molecule has 0 radical (unpaired) electrons. The van der Waals surface area contributed by atoms with Crippen LogP contribution in [0.5, 0.6) is 0 Å². The van der Waals surface area contributed by atoms with Gasteiger partial charge in [-0.25, -0.2) is 9.97 Å². The Kier molecular flexibility index (Phi) is 10.0. The number of likely N-dealkylation sites (tertiary alicyclic amines) is 1. The number of amides is 2. The number of nitriles is 1. The number of carbonyl (C=O) groups is 2. The van der Waals surface area contributed by atoms with Gasteiger partial charge in [0.15, 0.2) is 12.2 Å². The van der Waals surface area contributed by atoms with Crippen molar-refractivity contribution in [2.24, 2.45) is 10.8 Å². The number of aliphatic hydroxyl groups is 1. The third kappa shape index (κ3) is 7.99. The van der Waals surface area contributed by atoms with Crippen LogP contribution < -0.4 is 10.6 Å². The zero-order chi connectivity index (χ0) is 33.9. The van der Waals surface area contributed by atoms with Gasteiger partial charge in [0.25, 0.3) is 11.8 Å². The fourth-order valence-corrected chi connectivity index (χ4v) is 6.63. The summed E-state index contributed by atoms with van der Waals surface area (Å²) >= 11 is 1.29. The number of rotatable bonds is 10. The molecule has 1 saturated heterocycles. The molecule has 4 aromatic rings. The predicted octanol–water partition coefficient (Wildman–Crippen LogP) is 5.99. The average molecular weight is 658 g/mol. The molecule has 1 aliphatic rings. The van der Waals surface area contributed by atoms with E-state index in [4.69, 9.17) is 9.40 Å².